The van der Waals surface area contributed by atoms with Gasteiger partial charge in [-0.15, -0.1) is 0 Å². The van der Waals surface area contributed by atoms with E-state index in [1.807, 2.05) is 37.3 Å². The quantitative estimate of drug-likeness (QED) is 0.459. The number of carbonyl (C=O) groups is 1. The van der Waals surface area contributed by atoms with Gasteiger partial charge >= 0.3 is 5.97 Å². The molecule has 2 nitrogen and oxygen atoms in total. The fourth-order valence-corrected chi connectivity index (χ4v) is 1.97. The predicted octanol–water partition coefficient (Wildman–Crippen LogP) is 4.74. The summed E-state index contributed by atoms with van der Waals surface area (Å²) in [6.45, 7) is 6.23. The van der Waals surface area contributed by atoms with Crippen LogP contribution in [0.5, 0.6) is 5.75 Å². The monoisotopic (exact) mass is 280 g/mol. The first kappa shape index (κ1) is 15.0. The summed E-state index contributed by atoms with van der Waals surface area (Å²) in [5.74, 6) is 0.744. The number of aryl methyl sites for hydroxylation is 1. The number of esters is 1. The summed E-state index contributed by atoms with van der Waals surface area (Å²) >= 11 is 0. The van der Waals surface area contributed by atoms with Gasteiger partial charge in [0.2, 0.25) is 0 Å². The molecule has 0 saturated heterocycles. The van der Waals surface area contributed by atoms with Gasteiger partial charge in [0, 0.05) is 6.08 Å². The number of para-hydroxylation sites is 1. The van der Waals surface area contributed by atoms with E-state index < -0.39 is 0 Å². The van der Waals surface area contributed by atoms with E-state index in [1.165, 1.54) is 11.6 Å². The molecule has 0 aliphatic carbocycles. The third-order valence-corrected chi connectivity index (χ3v) is 3.32. The van der Waals surface area contributed by atoms with Gasteiger partial charge in [0.05, 0.1) is 0 Å². The van der Waals surface area contributed by atoms with Gasteiger partial charge in [-0.2, -0.15) is 0 Å². The molecule has 0 fully saturated rings. The van der Waals surface area contributed by atoms with E-state index in [4.69, 9.17) is 4.74 Å². The second kappa shape index (κ2) is 6.89. The minimum Gasteiger partial charge on any atom is -0.423 e. The molecule has 0 N–H and O–H groups in total. The Kier molecular flexibility index (Phi) is 4.94. The van der Waals surface area contributed by atoms with Crippen LogP contribution in [0.15, 0.2) is 54.6 Å². The van der Waals surface area contributed by atoms with Crippen LogP contribution in [0.25, 0.3) is 6.08 Å². The molecule has 0 aromatic heterocycles. The SMILES string of the molecule is Cc1ccccc1OC(=O)/C=C/c1ccc(C(C)C)cc1. The highest BCUT2D eigenvalue weighted by Crippen LogP contribution is 2.17. The molecule has 2 aromatic carbocycles. The average Bonchev–Trinajstić information content (AvgIpc) is 2.48. The molecule has 0 unspecified atom stereocenters. The molecule has 2 aromatic rings. The summed E-state index contributed by atoms with van der Waals surface area (Å²) in [6, 6.07) is 15.6. The smallest absolute Gasteiger partial charge is 0.336 e. The van der Waals surface area contributed by atoms with Crippen LogP contribution in [0.1, 0.15) is 36.5 Å². The minimum atomic E-state index is -0.364. The molecule has 2 rings (SSSR count). The maximum absolute atomic E-state index is 11.8. The van der Waals surface area contributed by atoms with E-state index in [-0.39, 0.29) is 5.97 Å². The molecule has 0 aliphatic heterocycles. The molecule has 21 heavy (non-hydrogen) atoms. The van der Waals surface area contributed by atoms with E-state index in [1.54, 1.807) is 12.1 Å². The summed E-state index contributed by atoms with van der Waals surface area (Å²) in [5, 5.41) is 0. The topological polar surface area (TPSA) is 26.3 Å². The molecule has 0 spiro atoms. The Labute approximate surface area is 126 Å². The third kappa shape index (κ3) is 4.32. The summed E-state index contributed by atoms with van der Waals surface area (Å²) in [4.78, 5) is 11.8. The summed E-state index contributed by atoms with van der Waals surface area (Å²) in [7, 11) is 0. The molecule has 0 amide bonds. The average molecular weight is 280 g/mol. The van der Waals surface area contributed by atoms with Crippen LogP contribution in [0.4, 0.5) is 0 Å². The molecule has 0 radical (unpaired) electrons. The Balaban J connectivity index is 2.00. The molecule has 0 heterocycles. The third-order valence-electron chi connectivity index (χ3n) is 3.32. The molecular weight excluding hydrogens is 260 g/mol. The highest BCUT2D eigenvalue weighted by molar-refractivity contribution is 5.88. The Morgan fingerprint density at radius 1 is 1.05 bits per heavy atom. The molecule has 0 bridgehead atoms. The Morgan fingerprint density at radius 3 is 2.33 bits per heavy atom. The number of ether oxygens (including phenoxy) is 1. The molecule has 0 saturated carbocycles. The lowest BCUT2D eigenvalue weighted by atomic mass is 10.0. The van der Waals surface area contributed by atoms with Crippen molar-refractivity contribution < 1.29 is 9.53 Å². The van der Waals surface area contributed by atoms with Crippen molar-refractivity contribution in [3.8, 4) is 5.75 Å². The van der Waals surface area contributed by atoms with E-state index in [0.717, 1.165) is 11.1 Å². The van der Waals surface area contributed by atoms with Gasteiger partial charge < -0.3 is 4.74 Å². The van der Waals surface area contributed by atoms with Crippen LogP contribution in [0.2, 0.25) is 0 Å². The van der Waals surface area contributed by atoms with Gasteiger partial charge in [-0.05, 0) is 41.7 Å². The van der Waals surface area contributed by atoms with E-state index in [9.17, 15) is 4.79 Å². The lowest BCUT2D eigenvalue weighted by Gasteiger charge is -2.05. The molecule has 0 atom stereocenters. The number of benzene rings is 2. The fraction of sp³-hybridized carbons (Fsp3) is 0.211. The van der Waals surface area contributed by atoms with Crippen LogP contribution in [0, 0.1) is 6.92 Å². The molecular formula is C19H20O2. The van der Waals surface area contributed by atoms with Crippen molar-refractivity contribution in [1.82, 2.24) is 0 Å². The fourth-order valence-electron chi connectivity index (χ4n) is 1.97. The van der Waals surface area contributed by atoms with Crippen molar-refractivity contribution in [3.05, 3.63) is 71.3 Å². The maximum atomic E-state index is 11.8. The number of carbonyl (C=O) groups excluding carboxylic acids is 1. The summed E-state index contributed by atoms with van der Waals surface area (Å²) in [5.41, 5.74) is 3.22. The second-order valence-corrected chi connectivity index (χ2v) is 5.34. The van der Waals surface area contributed by atoms with Gasteiger partial charge in [-0.3, -0.25) is 0 Å². The zero-order valence-electron chi connectivity index (χ0n) is 12.7. The normalized spacial score (nSPS) is 11.0. The van der Waals surface area contributed by atoms with E-state index in [0.29, 0.717) is 11.7 Å². The number of hydrogen-bond donors (Lipinski definition) is 0. The van der Waals surface area contributed by atoms with Gasteiger partial charge in [0.15, 0.2) is 0 Å². The maximum Gasteiger partial charge on any atom is 0.336 e. The van der Waals surface area contributed by atoms with Crippen molar-refractivity contribution in [2.75, 3.05) is 0 Å². The standard InChI is InChI=1S/C19H20O2/c1-14(2)17-11-8-16(9-12-17)10-13-19(20)21-18-7-5-4-6-15(18)3/h4-14H,1-3H3/b13-10+. The first-order valence-electron chi connectivity index (χ1n) is 7.12. The van der Waals surface area contributed by atoms with Crippen LogP contribution in [-0.2, 0) is 4.79 Å². The van der Waals surface area contributed by atoms with E-state index in [2.05, 4.69) is 26.0 Å². The lowest BCUT2D eigenvalue weighted by molar-refractivity contribution is -0.128. The van der Waals surface area contributed by atoms with Gasteiger partial charge in [0.1, 0.15) is 5.75 Å². The summed E-state index contributed by atoms with van der Waals surface area (Å²) < 4.78 is 5.30. The predicted molar refractivity (Wildman–Crippen MR) is 86.4 cm³/mol. The van der Waals surface area contributed by atoms with Crippen molar-refractivity contribution in [3.63, 3.8) is 0 Å². The van der Waals surface area contributed by atoms with Crippen molar-refractivity contribution in [2.45, 2.75) is 26.7 Å². The van der Waals surface area contributed by atoms with Crippen LogP contribution in [-0.4, -0.2) is 5.97 Å². The number of hydrogen-bond acceptors (Lipinski definition) is 2. The van der Waals surface area contributed by atoms with E-state index >= 15 is 0 Å². The van der Waals surface area contributed by atoms with Gasteiger partial charge in [-0.1, -0.05) is 56.3 Å². The zero-order valence-corrected chi connectivity index (χ0v) is 12.7. The Hall–Kier alpha value is -2.35. The van der Waals surface area contributed by atoms with Gasteiger partial charge in [-0.25, -0.2) is 4.79 Å². The molecule has 0 aliphatic rings. The minimum absolute atomic E-state index is 0.364. The highest BCUT2D eigenvalue weighted by Gasteiger charge is 2.03. The first-order chi connectivity index (χ1) is 10.1. The van der Waals surface area contributed by atoms with Crippen molar-refractivity contribution in [1.29, 1.82) is 0 Å². The van der Waals surface area contributed by atoms with Crippen LogP contribution < -0.4 is 4.74 Å². The highest BCUT2D eigenvalue weighted by atomic mass is 16.5. The Bertz CT molecular complexity index is 637. The van der Waals surface area contributed by atoms with Crippen LogP contribution in [0.3, 0.4) is 0 Å². The van der Waals surface area contributed by atoms with Crippen LogP contribution >= 0.6 is 0 Å². The molecule has 108 valence electrons. The van der Waals surface area contributed by atoms with Gasteiger partial charge in [0.25, 0.3) is 0 Å². The second-order valence-electron chi connectivity index (χ2n) is 5.34. The summed E-state index contributed by atoms with van der Waals surface area (Å²) in [6.07, 6.45) is 3.22. The zero-order chi connectivity index (χ0) is 15.2. The Morgan fingerprint density at radius 2 is 1.71 bits per heavy atom. The van der Waals surface area contributed by atoms with Crippen molar-refractivity contribution in [2.24, 2.45) is 0 Å². The van der Waals surface area contributed by atoms with Crippen molar-refractivity contribution >= 4 is 12.0 Å². The molecule has 2 heteroatoms. The lowest BCUT2D eigenvalue weighted by Crippen LogP contribution is -2.04. The largest absolute Gasteiger partial charge is 0.423 e. The first-order valence-corrected chi connectivity index (χ1v) is 7.12. The number of rotatable bonds is 4.